The Morgan fingerprint density at radius 3 is 0.889 bits per heavy atom. The Morgan fingerprint density at radius 2 is 0.741 bits per heavy atom. The Balaban J connectivity index is 3.36. The molecule has 0 saturated carbocycles. The lowest BCUT2D eigenvalue weighted by Crippen LogP contribution is -3.22. The van der Waals surface area contributed by atoms with E-state index in [1.807, 2.05) is 0 Å². The molecular weight excluding hydrogens is 473 g/mol. The molecule has 0 spiro atoms. The normalized spacial score (nSPS) is 39.9. The van der Waals surface area contributed by atoms with Crippen molar-refractivity contribution in [1.29, 1.82) is 0 Å². The summed E-state index contributed by atoms with van der Waals surface area (Å²) in [7, 11) is -10.0. The zero-order valence-electron chi connectivity index (χ0n) is 21.4. The van der Waals surface area contributed by atoms with Gasteiger partial charge in [-0.1, -0.05) is 98.2 Å². The SMILES string of the molecule is CC(=O)[Si]12[Si](C)(C)[Si](C)(C)[Si]([Si](C)(C)C)([Si](C)(C)[Si]1(C)C)[Si](C)(C)[Si]2(C)C. The lowest BCUT2D eigenvalue weighted by Gasteiger charge is -2.89. The van der Waals surface area contributed by atoms with Gasteiger partial charge in [0.15, 0.2) is 0 Å². The van der Waals surface area contributed by atoms with E-state index in [4.69, 9.17) is 0 Å². The van der Waals surface area contributed by atoms with Crippen LogP contribution in [0.5, 0.6) is 0 Å². The summed E-state index contributed by atoms with van der Waals surface area (Å²) in [5.41, 5.74) is 0. The maximum atomic E-state index is 14.1. The van der Waals surface area contributed by atoms with Gasteiger partial charge in [-0.05, 0) is 6.92 Å². The minimum absolute atomic E-state index is 0.840. The Bertz CT molecular complexity index is 626. The van der Waals surface area contributed by atoms with Crippen LogP contribution >= 0.6 is 0 Å². The molecule has 0 aromatic rings. The smallest absolute Gasteiger partial charge is 0.104 e. The average Bonchev–Trinajstić information content (AvgIpc) is 2.31. The van der Waals surface area contributed by atoms with Crippen molar-refractivity contribution in [3.8, 4) is 0 Å². The van der Waals surface area contributed by atoms with E-state index in [0.29, 0.717) is 0 Å². The van der Waals surface area contributed by atoms with Crippen molar-refractivity contribution in [1.82, 2.24) is 0 Å². The van der Waals surface area contributed by atoms with E-state index in [-0.39, 0.29) is 0 Å². The molecule has 0 unspecified atom stereocenters. The van der Waals surface area contributed by atoms with E-state index in [2.05, 4.69) is 105 Å². The largest absolute Gasteiger partial charge is 0.307 e. The summed E-state index contributed by atoms with van der Waals surface area (Å²) in [6, 6.07) is 0. The quantitative estimate of drug-likeness (QED) is 0.445. The molecule has 0 radical (unpaired) electrons. The van der Waals surface area contributed by atoms with Crippen molar-refractivity contribution in [2.45, 2.75) is 105 Å². The third-order valence-corrected chi connectivity index (χ3v) is 307. The summed E-state index contributed by atoms with van der Waals surface area (Å²) in [4.78, 5) is 14.1. The predicted octanol–water partition coefficient (Wildman–Crippen LogP) is 5.41. The second-order valence-corrected chi connectivity index (χ2v) is 130. The van der Waals surface area contributed by atoms with E-state index in [0.717, 1.165) is 5.41 Å². The number of carbonyl (C=O) groups is 1. The molecule has 3 heterocycles. The van der Waals surface area contributed by atoms with Crippen molar-refractivity contribution < 1.29 is 4.79 Å². The third kappa shape index (κ3) is 1.90. The first-order valence-electron chi connectivity index (χ1n) is 11.0. The van der Waals surface area contributed by atoms with Gasteiger partial charge in [0.1, 0.15) is 12.0 Å². The molecule has 3 aliphatic rings. The van der Waals surface area contributed by atoms with Crippen molar-refractivity contribution >= 4 is 68.4 Å². The number of hydrogen-bond acceptors (Lipinski definition) is 1. The maximum absolute atomic E-state index is 14.1. The molecule has 0 aliphatic carbocycles. The molecule has 0 aromatic heterocycles. The van der Waals surface area contributed by atoms with E-state index in [1.165, 1.54) is 0 Å². The Morgan fingerprint density at radius 1 is 0.519 bits per heavy atom. The monoisotopic (exact) mass is 520 g/mol. The van der Waals surface area contributed by atoms with Crippen LogP contribution in [0.2, 0.25) is 98.2 Å². The second-order valence-electron chi connectivity index (χ2n) is 14.1. The second kappa shape index (κ2) is 5.70. The van der Waals surface area contributed by atoms with Crippen LogP contribution in [0, 0.1) is 0 Å². The van der Waals surface area contributed by atoms with Gasteiger partial charge in [-0.2, -0.15) is 0 Å². The van der Waals surface area contributed by atoms with Crippen LogP contribution in [0.15, 0.2) is 0 Å². The van der Waals surface area contributed by atoms with E-state index >= 15 is 0 Å². The minimum atomic E-state index is -1.86. The molecule has 3 saturated heterocycles. The molecule has 27 heavy (non-hydrogen) atoms. The fourth-order valence-corrected chi connectivity index (χ4v) is 655. The molecule has 10 heteroatoms. The molecule has 0 amide bonds. The first-order chi connectivity index (χ1) is 11.4. The summed E-state index contributed by atoms with van der Waals surface area (Å²) in [6.07, 6.45) is -1.35. The first-order valence-corrected chi connectivity index (χ1v) is 46.5. The highest BCUT2D eigenvalue weighted by Crippen LogP contribution is 2.65. The molecule has 0 aromatic carbocycles. The van der Waals surface area contributed by atoms with E-state index in [9.17, 15) is 4.79 Å². The number of rotatable bonds is 2. The highest BCUT2D eigenvalue weighted by atomic mass is 30.6. The molecule has 158 valence electrons. The van der Waals surface area contributed by atoms with Gasteiger partial charge in [-0.25, -0.2) is 0 Å². The van der Waals surface area contributed by atoms with Crippen LogP contribution in [0.1, 0.15) is 6.92 Å². The van der Waals surface area contributed by atoms with Crippen LogP contribution in [0.25, 0.3) is 0 Å². The molecule has 3 rings (SSSR count). The van der Waals surface area contributed by atoms with E-state index in [1.54, 1.807) is 0 Å². The summed E-state index contributed by atoms with van der Waals surface area (Å²) >= 11 is 0. The Kier molecular flexibility index (Phi) is 5.25. The van der Waals surface area contributed by atoms with Crippen molar-refractivity contribution in [3.05, 3.63) is 0 Å². The number of fused-ring (bicyclic) bond motifs is 3. The third-order valence-electron chi connectivity index (χ3n) is 12.0. The molecule has 1 nitrogen and oxygen atoms in total. The molecule has 0 atom stereocenters. The maximum Gasteiger partial charge on any atom is 0.104 e. The molecule has 3 aliphatic heterocycles. The van der Waals surface area contributed by atoms with Gasteiger partial charge in [0, 0.05) is 56.4 Å². The van der Waals surface area contributed by atoms with Crippen molar-refractivity contribution in [2.24, 2.45) is 0 Å². The standard InChI is InChI=1S/C17H48OSi9/c1-17(18)26-20(5,6)23(11,12)27(19(2,3)4,24(13,14)21(26,7)8)25(15,16)22(26,9)10/h1-16H3. The van der Waals surface area contributed by atoms with Crippen LogP contribution in [-0.4, -0.2) is 68.4 Å². The fraction of sp³-hybridized carbons (Fsp3) is 0.941. The first kappa shape index (κ1) is 24.9. The van der Waals surface area contributed by atoms with E-state index < -0.39 is 63.0 Å². The van der Waals surface area contributed by atoms with Gasteiger partial charge in [0.25, 0.3) is 0 Å². The Hall–Kier alpha value is 1.62. The highest BCUT2D eigenvalue weighted by molar-refractivity contribution is 8.43. The molecule has 2 bridgehead atoms. The lowest BCUT2D eigenvalue weighted by atomic mass is 10.9. The van der Waals surface area contributed by atoms with Crippen LogP contribution in [0.3, 0.4) is 0 Å². The number of carbonyl (C=O) groups excluding carboxylic acids is 1. The zero-order valence-corrected chi connectivity index (χ0v) is 30.4. The van der Waals surface area contributed by atoms with Crippen molar-refractivity contribution in [2.75, 3.05) is 0 Å². The fourth-order valence-electron chi connectivity index (χ4n) is 11.6. The van der Waals surface area contributed by atoms with Gasteiger partial charge in [-0.3, -0.25) is 0 Å². The van der Waals surface area contributed by atoms with Gasteiger partial charge in [-0.15, -0.1) is 0 Å². The van der Waals surface area contributed by atoms with Gasteiger partial charge in [0.05, 0.1) is 0 Å². The van der Waals surface area contributed by atoms with Crippen molar-refractivity contribution in [3.63, 3.8) is 0 Å². The average molecular weight is 521 g/mol. The molecule has 0 N–H and O–H groups in total. The highest BCUT2D eigenvalue weighted by Gasteiger charge is 2.96. The zero-order chi connectivity index (χ0) is 22.1. The summed E-state index contributed by atoms with van der Waals surface area (Å²) < 4.78 is 0. The van der Waals surface area contributed by atoms with Crippen LogP contribution in [-0.2, 0) is 4.79 Å². The summed E-state index contributed by atoms with van der Waals surface area (Å²) in [5, 5.41) is 0.840. The van der Waals surface area contributed by atoms with Crippen LogP contribution in [0.4, 0.5) is 0 Å². The minimum Gasteiger partial charge on any atom is -0.307 e. The van der Waals surface area contributed by atoms with Gasteiger partial charge < -0.3 is 4.79 Å². The van der Waals surface area contributed by atoms with Crippen LogP contribution < -0.4 is 0 Å². The Labute approximate surface area is 177 Å². The summed E-state index contributed by atoms with van der Waals surface area (Å²) in [5.74, 6) is 0. The lowest BCUT2D eigenvalue weighted by molar-refractivity contribution is -0.110. The molecule has 3 fully saturated rings. The topological polar surface area (TPSA) is 17.1 Å². The predicted molar refractivity (Wildman–Crippen MR) is 150 cm³/mol. The molecular formula is C17H48OSi9. The number of hydrogen-bond donors (Lipinski definition) is 0. The van der Waals surface area contributed by atoms with Gasteiger partial charge in [0.2, 0.25) is 0 Å². The van der Waals surface area contributed by atoms with Gasteiger partial charge >= 0.3 is 0 Å². The summed E-state index contributed by atoms with van der Waals surface area (Å²) in [6.45, 7) is 43.4.